The SMILES string of the molecule is O=C1c2ccccc2S(=O)(=O)N1CC(O)Cn1c2c(c3cccc(Cl)c31)CCCC2. The van der Waals surface area contributed by atoms with E-state index in [9.17, 15) is 18.3 Å². The summed E-state index contributed by atoms with van der Waals surface area (Å²) >= 11 is 6.50. The summed E-state index contributed by atoms with van der Waals surface area (Å²) in [5.41, 5.74) is 3.41. The summed E-state index contributed by atoms with van der Waals surface area (Å²) < 4.78 is 28.4. The molecule has 156 valence electrons. The zero-order valence-corrected chi connectivity index (χ0v) is 17.8. The normalized spacial score (nSPS) is 18.5. The lowest BCUT2D eigenvalue weighted by Crippen LogP contribution is -2.38. The van der Waals surface area contributed by atoms with Crippen molar-refractivity contribution >= 4 is 38.4 Å². The van der Waals surface area contributed by atoms with Crippen molar-refractivity contribution in [2.75, 3.05) is 6.54 Å². The molecule has 0 saturated heterocycles. The summed E-state index contributed by atoms with van der Waals surface area (Å²) in [5.74, 6) is -0.595. The van der Waals surface area contributed by atoms with Crippen LogP contribution in [-0.4, -0.2) is 41.0 Å². The molecular formula is C22H21ClN2O4S. The van der Waals surface area contributed by atoms with Crippen molar-refractivity contribution in [1.29, 1.82) is 0 Å². The molecule has 2 aromatic carbocycles. The number of amides is 1. The van der Waals surface area contributed by atoms with E-state index >= 15 is 0 Å². The number of sulfonamides is 1. The summed E-state index contributed by atoms with van der Waals surface area (Å²) in [4.78, 5) is 12.7. The minimum Gasteiger partial charge on any atom is -0.389 e. The molecule has 8 heteroatoms. The predicted octanol–water partition coefficient (Wildman–Crippen LogP) is 3.38. The average molecular weight is 445 g/mol. The molecule has 2 aliphatic rings. The van der Waals surface area contributed by atoms with Crippen molar-refractivity contribution < 1.29 is 18.3 Å². The van der Waals surface area contributed by atoms with E-state index < -0.39 is 22.0 Å². The number of nitrogens with zero attached hydrogens (tertiary/aromatic N) is 2. The van der Waals surface area contributed by atoms with Crippen molar-refractivity contribution in [3.05, 3.63) is 64.3 Å². The Morgan fingerprint density at radius 1 is 1.03 bits per heavy atom. The fourth-order valence-corrected chi connectivity index (χ4v) is 6.60. The van der Waals surface area contributed by atoms with Gasteiger partial charge in [0.25, 0.3) is 15.9 Å². The molecule has 1 aliphatic heterocycles. The molecule has 1 N–H and O–H groups in total. The Morgan fingerprint density at radius 2 is 1.80 bits per heavy atom. The molecule has 3 aromatic rings. The van der Waals surface area contributed by atoms with Gasteiger partial charge >= 0.3 is 0 Å². The highest BCUT2D eigenvalue weighted by Gasteiger charge is 2.41. The van der Waals surface area contributed by atoms with Crippen LogP contribution in [0.3, 0.4) is 0 Å². The van der Waals surface area contributed by atoms with Gasteiger partial charge in [-0.1, -0.05) is 35.9 Å². The second kappa shape index (κ2) is 7.11. The maximum atomic E-state index is 12.8. The van der Waals surface area contributed by atoms with Crippen LogP contribution in [0, 0.1) is 0 Å². The average Bonchev–Trinajstić information content (AvgIpc) is 3.15. The molecule has 0 fully saturated rings. The van der Waals surface area contributed by atoms with Gasteiger partial charge in [0.2, 0.25) is 0 Å². The molecule has 1 amide bonds. The van der Waals surface area contributed by atoms with E-state index in [0.29, 0.717) is 5.02 Å². The minimum atomic E-state index is -3.95. The number of rotatable bonds is 4. The van der Waals surface area contributed by atoms with Crippen molar-refractivity contribution in [1.82, 2.24) is 8.87 Å². The largest absolute Gasteiger partial charge is 0.389 e. The van der Waals surface area contributed by atoms with E-state index in [1.165, 1.54) is 17.7 Å². The highest BCUT2D eigenvalue weighted by atomic mass is 35.5. The monoisotopic (exact) mass is 444 g/mol. The van der Waals surface area contributed by atoms with Crippen molar-refractivity contribution in [3.8, 4) is 0 Å². The number of carbonyl (C=O) groups is 1. The first-order valence-corrected chi connectivity index (χ1v) is 11.8. The smallest absolute Gasteiger partial charge is 0.269 e. The van der Waals surface area contributed by atoms with E-state index in [-0.39, 0.29) is 23.5 Å². The Hall–Kier alpha value is -2.35. The second-order valence-corrected chi connectivity index (χ2v) is 10.1. The molecule has 30 heavy (non-hydrogen) atoms. The summed E-state index contributed by atoms with van der Waals surface area (Å²) in [6.45, 7) is -0.125. The number of carbonyl (C=O) groups excluding carboxylic acids is 1. The van der Waals surface area contributed by atoms with Gasteiger partial charge in [-0.2, -0.15) is 0 Å². The van der Waals surface area contributed by atoms with Crippen LogP contribution in [0.2, 0.25) is 5.02 Å². The number of fused-ring (bicyclic) bond motifs is 4. The molecule has 0 spiro atoms. The molecule has 1 atom stereocenters. The quantitative estimate of drug-likeness (QED) is 0.669. The van der Waals surface area contributed by atoms with Crippen LogP contribution in [0.25, 0.3) is 10.9 Å². The van der Waals surface area contributed by atoms with Gasteiger partial charge in [-0.15, -0.1) is 0 Å². The lowest BCUT2D eigenvalue weighted by molar-refractivity contribution is 0.0771. The van der Waals surface area contributed by atoms with Gasteiger partial charge in [-0.05, 0) is 49.4 Å². The Balaban J connectivity index is 1.48. The number of aliphatic hydroxyl groups is 1. The Bertz CT molecular complexity index is 1280. The number of hydrogen-bond donors (Lipinski definition) is 1. The van der Waals surface area contributed by atoms with Crippen LogP contribution in [0.5, 0.6) is 0 Å². The topological polar surface area (TPSA) is 79.6 Å². The third kappa shape index (κ3) is 2.87. The van der Waals surface area contributed by atoms with E-state index in [2.05, 4.69) is 0 Å². The van der Waals surface area contributed by atoms with Gasteiger partial charge in [0, 0.05) is 11.1 Å². The van der Waals surface area contributed by atoms with Gasteiger partial charge in [-0.3, -0.25) is 4.79 Å². The summed E-state index contributed by atoms with van der Waals surface area (Å²) in [7, 11) is -3.95. The molecule has 2 heterocycles. The van der Waals surface area contributed by atoms with Crippen LogP contribution < -0.4 is 0 Å². The third-order valence-electron chi connectivity index (χ3n) is 6.03. The van der Waals surface area contributed by atoms with E-state index in [1.54, 1.807) is 12.1 Å². The lowest BCUT2D eigenvalue weighted by atomic mass is 9.95. The summed E-state index contributed by atoms with van der Waals surface area (Å²) in [5, 5.41) is 12.5. The van der Waals surface area contributed by atoms with Crippen molar-refractivity contribution in [2.45, 2.75) is 43.2 Å². The lowest BCUT2D eigenvalue weighted by Gasteiger charge is -2.22. The zero-order valence-electron chi connectivity index (χ0n) is 16.2. The number of benzene rings is 2. The van der Waals surface area contributed by atoms with Gasteiger partial charge in [0.05, 0.1) is 35.3 Å². The molecule has 6 nitrogen and oxygen atoms in total. The zero-order chi connectivity index (χ0) is 21.0. The first-order chi connectivity index (χ1) is 14.4. The molecule has 1 aromatic heterocycles. The number of aryl methyl sites for hydroxylation is 1. The van der Waals surface area contributed by atoms with Crippen LogP contribution in [-0.2, 0) is 29.4 Å². The second-order valence-electron chi connectivity index (χ2n) is 7.87. The Labute approximate surface area is 179 Å². The van der Waals surface area contributed by atoms with Gasteiger partial charge < -0.3 is 9.67 Å². The molecular weight excluding hydrogens is 424 g/mol. The summed E-state index contributed by atoms with van der Waals surface area (Å²) in [6.07, 6.45) is 2.96. The van der Waals surface area contributed by atoms with Gasteiger partial charge in [-0.25, -0.2) is 12.7 Å². The fourth-order valence-electron chi connectivity index (χ4n) is 4.72. The standard InChI is InChI=1S/C22H21ClN2O4S/c23-18-9-5-8-16-15-6-1-3-10-19(15)24(21(16)18)12-14(26)13-25-22(27)17-7-2-4-11-20(17)30(25,28)29/h2,4-5,7-9,11,14,26H,1,3,6,10,12-13H2. The van der Waals surface area contributed by atoms with Crippen molar-refractivity contribution in [3.63, 3.8) is 0 Å². The molecule has 5 rings (SSSR count). The number of halogens is 1. The third-order valence-corrected chi connectivity index (χ3v) is 8.14. The molecule has 1 unspecified atom stereocenters. The maximum Gasteiger partial charge on any atom is 0.269 e. The Morgan fingerprint density at radius 3 is 2.60 bits per heavy atom. The number of aromatic nitrogens is 1. The predicted molar refractivity (Wildman–Crippen MR) is 114 cm³/mol. The van der Waals surface area contributed by atoms with E-state index in [4.69, 9.17) is 11.6 Å². The first-order valence-electron chi connectivity index (χ1n) is 10.0. The van der Waals surface area contributed by atoms with E-state index in [1.807, 2.05) is 22.8 Å². The molecule has 0 saturated carbocycles. The maximum absolute atomic E-state index is 12.8. The van der Waals surface area contributed by atoms with Gasteiger partial charge in [0.15, 0.2) is 0 Å². The first kappa shape index (κ1) is 19.6. The van der Waals surface area contributed by atoms with Crippen LogP contribution in [0.1, 0.15) is 34.5 Å². The molecule has 1 aliphatic carbocycles. The van der Waals surface area contributed by atoms with Crippen molar-refractivity contribution in [2.24, 2.45) is 0 Å². The van der Waals surface area contributed by atoms with Crippen LogP contribution >= 0.6 is 11.6 Å². The Kier molecular flexibility index (Phi) is 4.65. The van der Waals surface area contributed by atoms with Crippen LogP contribution in [0.15, 0.2) is 47.4 Å². The summed E-state index contributed by atoms with van der Waals surface area (Å²) in [6, 6.07) is 11.9. The van der Waals surface area contributed by atoms with Crippen LogP contribution in [0.4, 0.5) is 0 Å². The highest BCUT2D eigenvalue weighted by Crippen LogP contribution is 2.36. The molecule has 0 radical (unpaired) electrons. The number of aliphatic hydroxyl groups excluding tert-OH is 1. The molecule has 0 bridgehead atoms. The fraction of sp³-hybridized carbons (Fsp3) is 0.318. The number of hydrogen-bond acceptors (Lipinski definition) is 4. The van der Waals surface area contributed by atoms with Gasteiger partial charge in [0.1, 0.15) is 4.90 Å². The highest BCUT2D eigenvalue weighted by molar-refractivity contribution is 7.90. The number of β-amino-alcohol motifs (C(OH)–C–C–N with tert-alkyl or cyclic N) is 1. The number of para-hydroxylation sites is 1. The minimum absolute atomic E-state index is 0.00552. The van der Waals surface area contributed by atoms with E-state index in [0.717, 1.165) is 46.6 Å².